The molecule has 1 atom stereocenters. The molecule has 2 heteroatoms. The molecule has 0 spiro atoms. The largest absolute Gasteiger partial charge is 0.324 e. The number of hydrogen-bond acceptors (Lipinski definition) is 1. The second-order valence-corrected chi connectivity index (χ2v) is 3.83. The molecule has 1 aromatic rings. The quantitative estimate of drug-likeness (QED) is 0.580. The summed E-state index contributed by atoms with van der Waals surface area (Å²) in [5.74, 6) is -0.213. The molecule has 82 valence electrons. The lowest BCUT2D eigenvalue weighted by Crippen LogP contribution is -2.11. The zero-order valence-corrected chi connectivity index (χ0v) is 9.17. The molecule has 0 aliphatic rings. The third-order valence-electron chi connectivity index (χ3n) is 2.56. The number of halogens is 1. The van der Waals surface area contributed by atoms with Gasteiger partial charge in [0, 0.05) is 6.04 Å². The number of allylic oxidation sites excluding steroid dienone is 1. The first kappa shape index (κ1) is 11.9. The highest BCUT2D eigenvalue weighted by Gasteiger charge is 2.09. The maximum absolute atomic E-state index is 13.0. The van der Waals surface area contributed by atoms with Gasteiger partial charge in [-0.3, -0.25) is 0 Å². The minimum atomic E-state index is -0.213. The molecule has 0 heterocycles. The molecule has 0 saturated heterocycles. The fraction of sp³-hybridized carbons (Fsp3) is 0.385. The maximum Gasteiger partial charge on any atom is 0.123 e. The van der Waals surface area contributed by atoms with Crippen LogP contribution in [0, 0.1) is 12.7 Å². The van der Waals surface area contributed by atoms with E-state index in [0.29, 0.717) is 0 Å². The third-order valence-corrected chi connectivity index (χ3v) is 2.56. The van der Waals surface area contributed by atoms with E-state index in [9.17, 15) is 4.39 Å². The standard InChI is InChI=1S/C13H18FN/c1-3-4-5-6-13(15)12-9-11(14)8-7-10(12)2/h3,7-9,13H,1,4-6,15H2,2H3. The molecule has 1 unspecified atom stereocenters. The molecule has 2 N–H and O–H groups in total. The van der Waals surface area contributed by atoms with Gasteiger partial charge in [0.05, 0.1) is 0 Å². The van der Waals surface area contributed by atoms with Crippen molar-refractivity contribution in [1.29, 1.82) is 0 Å². The Hall–Kier alpha value is -1.15. The number of rotatable bonds is 5. The van der Waals surface area contributed by atoms with Gasteiger partial charge in [0.15, 0.2) is 0 Å². The van der Waals surface area contributed by atoms with Crippen LogP contribution in [0.2, 0.25) is 0 Å². The van der Waals surface area contributed by atoms with Gasteiger partial charge in [-0.05, 0) is 49.4 Å². The summed E-state index contributed by atoms with van der Waals surface area (Å²) in [7, 11) is 0. The first-order valence-electron chi connectivity index (χ1n) is 5.27. The lowest BCUT2D eigenvalue weighted by Gasteiger charge is -2.14. The first-order valence-corrected chi connectivity index (χ1v) is 5.27. The molecule has 1 rings (SSSR count). The van der Waals surface area contributed by atoms with Crippen molar-refractivity contribution < 1.29 is 4.39 Å². The van der Waals surface area contributed by atoms with Crippen LogP contribution in [0.3, 0.4) is 0 Å². The van der Waals surface area contributed by atoms with Crippen LogP contribution in [0.4, 0.5) is 4.39 Å². The summed E-state index contributed by atoms with van der Waals surface area (Å²) >= 11 is 0. The highest BCUT2D eigenvalue weighted by molar-refractivity contribution is 5.29. The van der Waals surface area contributed by atoms with Crippen LogP contribution in [0.5, 0.6) is 0 Å². The summed E-state index contributed by atoms with van der Waals surface area (Å²) < 4.78 is 13.0. The second kappa shape index (κ2) is 5.66. The fourth-order valence-electron chi connectivity index (χ4n) is 1.65. The van der Waals surface area contributed by atoms with Gasteiger partial charge in [0.1, 0.15) is 5.82 Å². The summed E-state index contributed by atoms with van der Waals surface area (Å²) in [5, 5.41) is 0. The van der Waals surface area contributed by atoms with Crippen LogP contribution in [-0.4, -0.2) is 0 Å². The highest BCUT2D eigenvalue weighted by Crippen LogP contribution is 2.21. The van der Waals surface area contributed by atoms with Gasteiger partial charge >= 0.3 is 0 Å². The van der Waals surface area contributed by atoms with Gasteiger partial charge < -0.3 is 5.73 Å². The number of nitrogens with two attached hydrogens (primary N) is 1. The molecule has 0 aliphatic carbocycles. The van der Waals surface area contributed by atoms with Gasteiger partial charge in [-0.25, -0.2) is 4.39 Å². The van der Waals surface area contributed by atoms with E-state index in [2.05, 4.69) is 6.58 Å². The van der Waals surface area contributed by atoms with E-state index in [1.165, 1.54) is 12.1 Å². The van der Waals surface area contributed by atoms with E-state index in [4.69, 9.17) is 5.73 Å². The van der Waals surface area contributed by atoms with E-state index < -0.39 is 0 Å². The zero-order valence-electron chi connectivity index (χ0n) is 9.17. The fourth-order valence-corrected chi connectivity index (χ4v) is 1.65. The Morgan fingerprint density at radius 1 is 1.53 bits per heavy atom. The third kappa shape index (κ3) is 3.48. The summed E-state index contributed by atoms with van der Waals surface area (Å²) in [4.78, 5) is 0. The molecular weight excluding hydrogens is 189 g/mol. The normalized spacial score (nSPS) is 12.5. The van der Waals surface area contributed by atoms with Crippen molar-refractivity contribution in [3.63, 3.8) is 0 Å². The molecule has 0 saturated carbocycles. The van der Waals surface area contributed by atoms with Crippen molar-refractivity contribution in [2.75, 3.05) is 0 Å². The monoisotopic (exact) mass is 207 g/mol. The van der Waals surface area contributed by atoms with Crippen LogP contribution in [0.15, 0.2) is 30.9 Å². The van der Waals surface area contributed by atoms with E-state index in [1.54, 1.807) is 6.07 Å². The first-order chi connectivity index (χ1) is 7.15. The lowest BCUT2D eigenvalue weighted by molar-refractivity contribution is 0.593. The minimum absolute atomic E-state index is 0.0688. The van der Waals surface area contributed by atoms with Crippen LogP contribution >= 0.6 is 0 Å². The Labute approximate surface area is 90.8 Å². The van der Waals surface area contributed by atoms with Crippen LogP contribution in [0.1, 0.15) is 36.4 Å². The topological polar surface area (TPSA) is 26.0 Å². The van der Waals surface area contributed by atoms with Gasteiger partial charge in [0.25, 0.3) is 0 Å². The number of hydrogen-bond donors (Lipinski definition) is 1. The van der Waals surface area contributed by atoms with Gasteiger partial charge in [0.2, 0.25) is 0 Å². The van der Waals surface area contributed by atoms with Crippen molar-refractivity contribution in [2.24, 2.45) is 5.73 Å². The van der Waals surface area contributed by atoms with Crippen molar-refractivity contribution >= 4 is 0 Å². The molecule has 1 aromatic carbocycles. The predicted molar refractivity (Wildman–Crippen MR) is 62.1 cm³/mol. The number of benzene rings is 1. The van der Waals surface area contributed by atoms with Crippen molar-refractivity contribution in [3.8, 4) is 0 Å². The smallest absolute Gasteiger partial charge is 0.123 e. The summed E-state index contributed by atoms with van der Waals surface area (Å²) in [6, 6.07) is 4.71. The van der Waals surface area contributed by atoms with Crippen LogP contribution in [-0.2, 0) is 0 Å². The summed E-state index contributed by atoms with van der Waals surface area (Å²) in [6.45, 7) is 5.62. The predicted octanol–water partition coefficient (Wildman–Crippen LogP) is 3.49. The highest BCUT2D eigenvalue weighted by atomic mass is 19.1. The molecule has 0 bridgehead atoms. The van der Waals surface area contributed by atoms with Crippen molar-refractivity contribution in [3.05, 3.63) is 47.8 Å². The molecule has 1 nitrogen and oxygen atoms in total. The molecule has 0 amide bonds. The Morgan fingerprint density at radius 2 is 2.27 bits per heavy atom. The van der Waals surface area contributed by atoms with Crippen LogP contribution < -0.4 is 5.73 Å². The minimum Gasteiger partial charge on any atom is -0.324 e. The number of aryl methyl sites for hydroxylation is 1. The Bertz CT molecular complexity index is 333. The molecule has 0 aliphatic heterocycles. The molecular formula is C13H18FN. The van der Waals surface area contributed by atoms with Gasteiger partial charge in [-0.1, -0.05) is 12.1 Å². The molecule has 0 radical (unpaired) electrons. The average molecular weight is 207 g/mol. The Morgan fingerprint density at radius 3 is 2.93 bits per heavy atom. The maximum atomic E-state index is 13.0. The average Bonchev–Trinajstić information content (AvgIpc) is 2.22. The molecule has 0 aromatic heterocycles. The van der Waals surface area contributed by atoms with Gasteiger partial charge in [-0.15, -0.1) is 6.58 Å². The van der Waals surface area contributed by atoms with E-state index in [0.717, 1.165) is 30.4 Å². The van der Waals surface area contributed by atoms with Crippen molar-refractivity contribution in [2.45, 2.75) is 32.2 Å². The zero-order chi connectivity index (χ0) is 11.3. The Balaban J connectivity index is 2.67. The van der Waals surface area contributed by atoms with E-state index in [-0.39, 0.29) is 11.9 Å². The van der Waals surface area contributed by atoms with Gasteiger partial charge in [-0.2, -0.15) is 0 Å². The molecule has 15 heavy (non-hydrogen) atoms. The number of unbranched alkanes of at least 4 members (excludes halogenated alkanes) is 1. The SMILES string of the molecule is C=CCCCC(N)c1cc(F)ccc1C. The van der Waals surface area contributed by atoms with Crippen LogP contribution in [0.25, 0.3) is 0 Å². The summed E-state index contributed by atoms with van der Waals surface area (Å²) in [5.41, 5.74) is 7.98. The summed E-state index contributed by atoms with van der Waals surface area (Å²) in [6.07, 6.45) is 4.71. The van der Waals surface area contributed by atoms with E-state index in [1.807, 2.05) is 13.0 Å². The molecule has 0 fully saturated rings. The van der Waals surface area contributed by atoms with Crippen molar-refractivity contribution in [1.82, 2.24) is 0 Å². The Kier molecular flexibility index (Phi) is 4.50. The second-order valence-electron chi connectivity index (χ2n) is 3.83. The van der Waals surface area contributed by atoms with E-state index >= 15 is 0 Å². The lowest BCUT2D eigenvalue weighted by atomic mass is 9.97.